The Bertz CT molecular complexity index is 538. The number of pyridine rings is 1. The third kappa shape index (κ3) is 3.61. The van der Waals surface area contributed by atoms with E-state index in [1.165, 1.54) is 24.1 Å². The van der Waals surface area contributed by atoms with Crippen molar-refractivity contribution in [3.05, 3.63) is 41.9 Å². The Morgan fingerprint density at radius 1 is 1.38 bits per heavy atom. The van der Waals surface area contributed by atoms with Crippen LogP contribution >= 0.6 is 0 Å². The van der Waals surface area contributed by atoms with Gasteiger partial charge >= 0.3 is 0 Å². The fourth-order valence-corrected chi connectivity index (χ4v) is 2.94. The second-order valence-electron chi connectivity index (χ2n) is 5.52. The number of hydrogen-bond acceptors (Lipinski definition) is 4. The molecule has 3 heterocycles. The molecule has 1 N–H and O–H groups in total. The third-order valence-electron chi connectivity index (χ3n) is 3.96. The SMILES string of the molecule is CCOc1ccc(CN2CCCC(c3ccn[nH]3)C2)cn1. The van der Waals surface area contributed by atoms with E-state index in [0.29, 0.717) is 18.4 Å². The molecule has 0 radical (unpaired) electrons. The first-order chi connectivity index (χ1) is 10.3. The molecule has 1 atom stereocenters. The van der Waals surface area contributed by atoms with Crippen molar-refractivity contribution in [1.29, 1.82) is 0 Å². The zero-order valence-electron chi connectivity index (χ0n) is 12.5. The monoisotopic (exact) mass is 286 g/mol. The maximum absolute atomic E-state index is 5.38. The van der Waals surface area contributed by atoms with Crippen LogP contribution in [0.4, 0.5) is 0 Å². The highest BCUT2D eigenvalue weighted by Crippen LogP contribution is 2.26. The number of nitrogens with zero attached hydrogens (tertiary/aromatic N) is 3. The normalized spacial score (nSPS) is 19.6. The van der Waals surface area contributed by atoms with E-state index in [2.05, 4.69) is 32.2 Å². The fraction of sp³-hybridized carbons (Fsp3) is 0.500. The summed E-state index contributed by atoms with van der Waals surface area (Å²) in [5.41, 5.74) is 2.49. The van der Waals surface area contributed by atoms with Crippen LogP contribution in [0.3, 0.4) is 0 Å². The van der Waals surface area contributed by atoms with Crippen molar-refractivity contribution in [3.8, 4) is 5.88 Å². The number of H-pyrrole nitrogens is 1. The number of aromatic amines is 1. The van der Waals surface area contributed by atoms with E-state index in [0.717, 1.165) is 19.6 Å². The van der Waals surface area contributed by atoms with Gasteiger partial charge in [0.25, 0.3) is 0 Å². The van der Waals surface area contributed by atoms with Gasteiger partial charge in [-0.2, -0.15) is 5.10 Å². The molecule has 0 aliphatic carbocycles. The zero-order chi connectivity index (χ0) is 14.5. The van der Waals surface area contributed by atoms with Gasteiger partial charge in [-0.15, -0.1) is 0 Å². The van der Waals surface area contributed by atoms with E-state index in [4.69, 9.17) is 4.74 Å². The van der Waals surface area contributed by atoms with Crippen LogP contribution in [0.15, 0.2) is 30.6 Å². The van der Waals surface area contributed by atoms with E-state index in [-0.39, 0.29) is 0 Å². The number of piperidine rings is 1. The van der Waals surface area contributed by atoms with E-state index in [9.17, 15) is 0 Å². The molecular weight excluding hydrogens is 264 g/mol. The highest BCUT2D eigenvalue weighted by Gasteiger charge is 2.22. The molecule has 1 saturated heterocycles. The summed E-state index contributed by atoms with van der Waals surface area (Å²) < 4.78 is 5.38. The number of likely N-dealkylation sites (tertiary alicyclic amines) is 1. The van der Waals surface area contributed by atoms with Crippen LogP contribution in [0.25, 0.3) is 0 Å². The summed E-state index contributed by atoms with van der Waals surface area (Å²) in [4.78, 5) is 6.83. The van der Waals surface area contributed by atoms with Gasteiger partial charge in [0.15, 0.2) is 0 Å². The van der Waals surface area contributed by atoms with Gasteiger partial charge in [0.1, 0.15) is 0 Å². The molecule has 1 aliphatic heterocycles. The topological polar surface area (TPSA) is 54.0 Å². The largest absolute Gasteiger partial charge is 0.478 e. The molecule has 2 aromatic rings. The van der Waals surface area contributed by atoms with Crippen LogP contribution in [-0.4, -0.2) is 39.8 Å². The Morgan fingerprint density at radius 3 is 3.05 bits per heavy atom. The molecular formula is C16H22N4O. The van der Waals surface area contributed by atoms with Crippen LogP contribution in [0.2, 0.25) is 0 Å². The zero-order valence-corrected chi connectivity index (χ0v) is 12.5. The Kier molecular flexibility index (Phi) is 4.50. The van der Waals surface area contributed by atoms with E-state index < -0.39 is 0 Å². The molecule has 2 aromatic heterocycles. The van der Waals surface area contributed by atoms with Crippen LogP contribution in [0.1, 0.15) is 36.9 Å². The van der Waals surface area contributed by atoms with E-state index in [1.54, 1.807) is 0 Å². The van der Waals surface area contributed by atoms with Gasteiger partial charge in [0.05, 0.1) is 6.61 Å². The molecule has 3 rings (SSSR count). The summed E-state index contributed by atoms with van der Waals surface area (Å²) in [6.07, 6.45) is 6.23. The van der Waals surface area contributed by atoms with Gasteiger partial charge in [-0.05, 0) is 37.9 Å². The molecule has 0 amide bonds. The van der Waals surface area contributed by atoms with Crippen molar-refractivity contribution in [1.82, 2.24) is 20.1 Å². The smallest absolute Gasteiger partial charge is 0.213 e. The number of nitrogens with one attached hydrogen (secondary N) is 1. The molecule has 112 valence electrons. The Labute approximate surface area is 125 Å². The van der Waals surface area contributed by atoms with Crippen LogP contribution < -0.4 is 4.74 Å². The summed E-state index contributed by atoms with van der Waals surface area (Å²) in [7, 11) is 0. The predicted molar refractivity (Wildman–Crippen MR) is 81.2 cm³/mol. The van der Waals surface area contributed by atoms with Gasteiger partial charge in [0.2, 0.25) is 5.88 Å². The maximum Gasteiger partial charge on any atom is 0.213 e. The minimum atomic E-state index is 0.567. The number of ether oxygens (including phenoxy) is 1. The molecule has 5 nitrogen and oxygen atoms in total. The van der Waals surface area contributed by atoms with Crippen molar-refractivity contribution < 1.29 is 4.74 Å². The second-order valence-corrected chi connectivity index (χ2v) is 5.52. The van der Waals surface area contributed by atoms with Crippen LogP contribution in [0.5, 0.6) is 5.88 Å². The molecule has 21 heavy (non-hydrogen) atoms. The first-order valence-corrected chi connectivity index (χ1v) is 7.64. The van der Waals surface area contributed by atoms with Crippen LogP contribution in [-0.2, 0) is 6.54 Å². The standard InChI is InChI=1S/C16H22N4O/c1-2-21-16-6-5-13(10-17-16)11-20-9-3-4-14(12-20)15-7-8-18-19-15/h5-8,10,14H,2-4,9,11-12H2,1H3,(H,18,19). The quantitative estimate of drug-likeness (QED) is 0.918. The lowest BCUT2D eigenvalue weighted by Crippen LogP contribution is -2.34. The maximum atomic E-state index is 5.38. The van der Waals surface area contributed by atoms with E-state index >= 15 is 0 Å². The summed E-state index contributed by atoms with van der Waals surface area (Å²) in [6.45, 7) is 5.81. The Hall–Kier alpha value is -1.88. The van der Waals surface area contributed by atoms with E-state index in [1.807, 2.05) is 25.4 Å². The first kappa shape index (κ1) is 14.1. The summed E-state index contributed by atoms with van der Waals surface area (Å²) in [5, 5.41) is 7.17. The number of aromatic nitrogens is 3. The van der Waals surface area contributed by atoms with Crippen molar-refractivity contribution in [2.75, 3.05) is 19.7 Å². The average Bonchev–Trinajstić information content (AvgIpc) is 3.04. The van der Waals surface area contributed by atoms with Gasteiger partial charge in [-0.3, -0.25) is 10.00 Å². The molecule has 1 fully saturated rings. The van der Waals surface area contributed by atoms with Gasteiger partial charge in [-0.25, -0.2) is 4.98 Å². The van der Waals surface area contributed by atoms with Crippen molar-refractivity contribution in [2.45, 2.75) is 32.2 Å². The Morgan fingerprint density at radius 2 is 2.33 bits per heavy atom. The van der Waals surface area contributed by atoms with Gasteiger partial charge < -0.3 is 4.74 Å². The number of rotatable bonds is 5. The lowest BCUT2D eigenvalue weighted by Gasteiger charge is -2.32. The summed E-state index contributed by atoms with van der Waals surface area (Å²) in [5.74, 6) is 1.27. The molecule has 0 aromatic carbocycles. The van der Waals surface area contributed by atoms with Gasteiger partial charge in [-0.1, -0.05) is 6.07 Å². The van der Waals surface area contributed by atoms with Crippen LogP contribution in [0, 0.1) is 0 Å². The number of hydrogen-bond donors (Lipinski definition) is 1. The lowest BCUT2D eigenvalue weighted by atomic mass is 9.94. The third-order valence-corrected chi connectivity index (χ3v) is 3.96. The molecule has 1 aliphatic rings. The molecule has 5 heteroatoms. The second kappa shape index (κ2) is 6.72. The first-order valence-electron chi connectivity index (χ1n) is 7.64. The fourth-order valence-electron chi connectivity index (χ4n) is 2.94. The van der Waals surface area contributed by atoms with Crippen molar-refractivity contribution in [3.63, 3.8) is 0 Å². The lowest BCUT2D eigenvalue weighted by molar-refractivity contribution is 0.198. The average molecular weight is 286 g/mol. The Balaban J connectivity index is 1.59. The highest BCUT2D eigenvalue weighted by atomic mass is 16.5. The molecule has 0 spiro atoms. The van der Waals surface area contributed by atoms with Crippen molar-refractivity contribution in [2.24, 2.45) is 0 Å². The predicted octanol–water partition coefficient (Wildman–Crippen LogP) is 2.58. The molecule has 0 bridgehead atoms. The highest BCUT2D eigenvalue weighted by molar-refractivity contribution is 5.18. The van der Waals surface area contributed by atoms with Crippen molar-refractivity contribution >= 4 is 0 Å². The minimum absolute atomic E-state index is 0.567. The minimum Gasteiger partial charge on any atom is -0.478 e. The van der Waals surface area contributed by atoms with Gasteiger partial charge in [0, 0.05) is 43.2 Å². The summed E-state index contributed by atoms with van der Waals surface area (Å²) in [6, 6.07) is 6.15. The molecule has 1 unspecified atom stereocenters. The summed E-state index contributed by atoms with van der Waals surface area (Å²) >= 11 is 0. The molecule has 0 saturated carbocycles.